The molecule has 2 N–H and O–H groups in total. The van der Waals surface area contributed by atoms with Gasteiger partial charge in [-0.1, -0.05) is 30.3 Å². The molecule has 0 aromatic heterocycles. The minimum atomic E-state index is -0.662. The molecule has 2 amide bonds. The third-order valence-corrected chi connectivity index (χ3v) is 6.35. The van der Waals surface area contributed by atoms with Gasteiger partial charge in [-0.05, 0) is 84.8 Å². The lowest BCUT2D eigenvalue weighted by molar-refractivity contribution is -0.385. The first kappa shape index (κ1) is 30.8. The van der Waals surface area contributed by atoms with Gasteiger partial charge < -0.3 is 15.0 Å². The van der Waals surface area contributed by atoms with E-state index >= 15 is 0 Å². The van der Waals surface area contributed by atoms with Gasteiger partial charge >= 0.3 is 5.97 Å². The summed E-state index contributed by atoms with van der Waals surface area (Å²) in [6.45, 7) is 1.54. The van der Waals surface area contributed by atoms with Crippen LogP contribution in [-0.2, 0) is 4.79 Å². The van der Waals surface area contributed by atoms with Crippen molar-refractivity contribution in [3.63, 3.8) is 0 Å². The average Bonchev–Trinajstić information content (AvgIpc) is 3.01. The van der Waals surface area contributed by atoms with E-state index in [4.69, 9.17) is 4.74 Å². The predicted molar refractivity (Wildman–Crippen MR) is 168 cm³/mol. The molecule has 11 nitrogen and oxygen atoms in total. The number of amides is 2. The van der Waals surface area contributed by atoms with Gasteiger partial charge in [-0.2, -0.15) is 5.10 Å². The Morgan fingerprint density at radius 3 is 2.14 bits per heavy atom. The molecule has 0 fully saturated rings. The number of hydrogen-bond donors (Lipinski definition) is 2. The van der Waals surface area contributed by atoms with E-state index in [1.807, 2.05) is 43.3 Å². The van der Waals surface area contributed by atoms with E-state index in [1.165, 1.54) is 24.4 Å². The molecular formula is C33H29N5O6. The van der Waals surface area contributed by atoms with Crippen molar-refractivity contribution in [2.24, 2.45) is 5.10 Å². The third-order valence-electron chi connectivity index (χ3n) is 6.35. The summed E-state index contributed by atoms with van der Waals surface area (Å²) in [5.41, 5.74) is 5.53. The number of nitro groups is 1. The summed E-state index contributed by atoms with van der Waals surface area (Å²) in [7, 11) is 3.84. The van der Waals surface area contributed by atoms with Gasteiger partial charge in [0.15, 0.2) is 0 Å². The van der Waals surface area contributed by atoms with Crippen LogP contribution in [0.1, 0.15) is 37.4 Å². The average molecular weight is 592 g/mol. The number of nitrogens with one attached hydrogen (secondary N) is 2. The molecule has 0 aliphatic rings. The van der Waals surface area contributed by atoms with Crippen LogP contribution in [0.15, 0.2) is 108 Å². The van der Waals surface area contributed by atoms with Gasteiger partial charge in [-0.3, -0.25) is 19.7 Å². The van der Waals surface area contributed by atoms with E-state index < -0.39 is 22.7 Å². The number of hydrogen-bond acceptors (Lipinski definition) is 8. The fraction of sp³-hybridized carbons (Fsp3) is 0.0909. The van der Waals surface area contributed by atoms with Crippen LogP contribution < -0.4 is 20.4 Å². The second-order valence-corrected chi connectivity index (χ2v) is 9.78. The minimum Gasteiger partial charge on any atom is -0.423 e. The van der Waals surface area contributed by atoms with Crippen molar-refractivity contribution in [1.29, 1.82) is 0 Å². The highest BCUT2D eigenvalue weighted by Crippen LogP contribution is 2.21. The molecule has 4 aromatic carbocycles. The molecule has 0 bridgehead atoms. The van der Waals surface area contributed by atoms with Crippen LogP contribution in [-0.4, -0.2) is 43.0 Å². The number of nitro benzene ring substituents is 1. The molecule has 0 saturated heterocycles. The summed E-state index contributed by atoms with van der Waals surface area (Å²) in [6, 6.07) is 26.3. The number of benzene rings is 4. The molecule has 4 aromatic rings. The van der Waals surface area contributed by atoms with Gasteiger partial charge in [0.05, 0.1) is 16.7 Å². The molecule has 4 rings (SSSR count). The third kappa shape index (κ3) is 8.23. The maximum absolute atomic E-state index is 13.1. The summed E-state index contributed by atoms with van der Waals surface area (Å²) in [5, 5.41) is 17.7. The largest absolute Gasteiger partial charge is 0.423 e. The van der Waals surface area contributed by atoms with Gasteiger partial charge in [0, 0.05) is 37.0 Å². The van der Waals surface area contributed by atoms with Crippen molar-refractivity contribution in [3.8, 4) is 5.75 Å². The number of anilines is 1. The Labute approximate surface area is 253 Å². The Morgan fingerprint density at radius 2 is 1.52 bits per heavy atom. The fourth-order valence-corrected chi connectivity index (χ4v) is 3.98. The summed E-state index contributed by atoms with van der Waals surface area (Å²) in [5.74, 6) is -1.49. The van der Waals surface area contributed by atoms with Crippen molar-refractivity contribution in [2.45, 2.75) is 6.92 Å². The molecule has 222 valence electrons. The lowest BCUT2D eigenvalue weighted by Gasteiger charge is -2.12. The van der Waals surface area contributed by atoms with E-state index in [-0.39, 0.29) is 22.7 Å². The first-order valence-electron chi connectivity index (χ1n) is 13.4. The van der Waals surface area contributed by atoms with Crippen LogP contribution in [0.4, 0.5) is 11.4 Å². The van der Waals surface area contributed by atoms with Crippen LogP contribution in [0, 0.1) is 17.0 Å². The number of carbonyl (C=O) groups is 3. The van der Waals surface area contributed by atoms with Gasteiger partial charge in [0.25, 0.3) is 17.5 Å². The Kier molecular flexibility index (Phi) is 9.95. The van der Waals surface area contributed by atoms with Crippen molar-refractivity contribution < 1.29 is 24.0 Å². The molecule has 0 spiro atoms. The Hall–Kier alpha value is -6.10. The first-order chi connectivity index (χ1) is 21.1. The van der Waals surface area contributed by atoms with Crippen molar-refractivity contribution in [2.75, 3.05) is 19.0 Å². The highest BCUT2D eigenvalue weighted by Gasteiger charge is 2.16. The molecular weight excluding hydrogens is 562 g/mol. The second kappa shape index (κ2) is 14.2. The Bertz CT molecular complexity index is 1730. The molecule has 44 heavy (non-hydrogen) atoms. The van der Waals surface area contributed by atoms with Gasteiger partial charge in [0.2, 0.25) is 0 Å². The van der Waals surface area contributed by atoms with Gasteiger partial charge in [0.1, 0.15) is 11.4 Å². The van der Waals surface area contributed by atoms with Crippen LogP contribution in [0.25, 0.3) is 6.08 Å². The van der Waals surface area contributed by atoms with E-state index in [0.29, 0.717) is 22.3 Å². The van der Waals surface area contributed by atoms with E-state index in [2.05, 4.69) is 15.8 Å². The maximum atomic E-state index is 13.1. The zero-order valence-electron chi connectivity index (χ0n) is 24.2. The molecule has 11 heteroatoms. The summed E-state index contributed by atoms with van der Waals surface area (Å²) < 4.78 is 5.36. The van der Waals surface area contributed by atoms with Crippen LogP contribution in [0.3, 0.4) is 0 Å². The quantitative estimate of drug-likeness (QED) is 0.0652. The topological polar surface area (TPSA) is 143 Å². The number of carbonyl (C=O) groups excluding carboxylic acids is 3. The van der Waals surface area contributed by atoms with Crippen LogP contribution in [0.2, 0.25) is 0 Å². The molecule has 0 atom stereocenters. The number of rotatable bonds is 10. The van der Waals surface area contributed by atoms with E-state index in [0.717, 1.165) is 5.69 Å². The summed E-state index contributed by atoms with van der Waals surface area (Å²) in [4.78, 5) is 50.8. The number of nitrogens with zero attached hydrogens (tertiary/aromatic N) is 3. The zero-order valence-corrected chi connectivity index (χ0v) is 24.2. The number of esters is 1. The van der Waals surface area contributed by atoms with Crippen molar-refractivity contribution >= 4 is 41.4 Å². The monoisotopic (exact) mass is 591 g/mol. The van der Waals surface area contributed by atoms with Crippen LogP contribution >= 0.6 is 0 Å². The maximum Gasteiger partial charge on any atom is 0.343 e. The smallest absolute Gasteiger partial charge is 0.343 e. The van der Waals surface area contributed by atoms with Gasteiger partial charge in [-0.15, -0.1) is 0 Å². The lowest BCUT2D eigenvalue weighted by atomic mass is 10.1. The zero-order chi connectivity index (χ0) is 31.6. The first-order valence-corrected chi connectivity index (χ1v) is 13.4. The number of aryl methyl sites for hydroxylation is 1. The molecule has 0 saturated carbocycles. The highest BCUT2D eigenvalue weighted by molar-refractivity contribution is 6.05. The molecule has 0 heterocycles. The van der Waals surface area contributed by atoms with Crippen molar-refractivity contribution in [3.05, 3.63) is 141 Å². The molecule has 0 aliphatic heterocycles. The summed E-state index contributed by atoms with van der Waals surface area (Å²) in [6.07, 6.45) is 2.95. The van der Waals surface area contributed by atoms with E-state index in [9.17, 15) is 24.5 Å². The Balaban J connectivity index is 1.42. The second-order valence-electron chi connectivity index (χ2n) is 9.78. The molecule has 0 unspecified atom stereocenters. The minimum absolute atomic E-state index is 0.00246. The number of hydrazone groups is 1. The summed E-state index contributed by atoms with van der Waals surface area (Å²) >= 11 is 0. The van der Waals surface area contributed by atoms with Gasteiger partial charge in [-0.25, -0.2) is 10.2 Å². The lowest BCUT2D eigenvalue weighted by Crippen LogP contribution is -2.32. The molecule has 0 aliphatic carbocycles. The predicted octanol–water partition coefficient (Wildman–Crippen LogP) is 5.11. The van der Waals surface area contributed by atoms with E-state index in [1.54, 1.807) is 67.6 Å². The normalized spacial score (nSPS) is 11.1. The van der Waals surface area contributed by atoms with Crippen molar-refractivity contribution in [1.82, 2.24) is 10.7 Å². The Morgan fingerprint density at radius 1 is 0.864 bits per heavy atom. The standard InChI is InChI=1S/C33H29N5O6/c1-22-19-26(13-18-30(22)38(42)43)33(41)44-28-16-11-24(12-17-28)21-34-36-32(40)29(35-31(39)25-7-5-4-6-8-25)20-23-9-14-27(15-10-23)37(2)3/h4-21H,1-3H3,(H,35,39)(H,36,40)/b29-20-,34-21+. The molecule has 0 radical (unpaired) electrons. The SMILES string of the molecule is Cc1cc(C(=O)Oc2ccc(/C=N/NC(=O)/C(=C/c3ccc(N(C)C)cc3)NC(=O)c3ccccc3)cc2)ccc1[N+](=O)[O-]. The van der Waals surface area contributed by atoms with Crippen LogP contribution in [0.5, 0.6) is 5.75 Å². The fourth-order valence-electron chi connectivity index (χ4n) is 3.98. The number of ether oxygens (including phenoxy) is 1. The highest BCUT2D eigenvalue weighted by atomic mass is 16.6.